The molecule has 4 rings (SSSR count). The summed E-state index contributed by atoms with van der Waals surface area (Å²) >= 11 is 0. The zero-order valence-corrected chi connectivity index (χ0v) is 19.0. The van der Waals surface area contributed by atoms with Crippen molar-refractivity contribution in [1.82, 2.24) is 9.78 Å². The van der Waals surface area contributed by atoms with E-state index >= 15 is 0 Å². The van der Waals surface area contributed by atoms with Crippen molar-refractivity contribution in [1.29, 1.82) is 5.26 Å². The standard InChI is InChI=1S/C28H22FN3O3/c1-2-34-28(33)22(17-30)16-23-18-32(25-6-4-3-5-7-25)31-27(23)21-10-14-26(15-11-21)35-19-20-8-12-24(29)13-9-20/h3-16,18H,2,19H2,1H3. The first-order valence-corrected chi connectivity index (χ1v) is 11.0. The van der Waals surface area contributed by atoms with E-state index in [0.29, 0.717) is 23.6 Å². The molecule has 0 bridgehead atoms. The van der Waals surface area contributed by atoms with Gasteiger partial charge in [0.05, 0.1) is 18.0 Å². The van der Waals surface area contributed by atoms with E-state index in [-0.39, 0.29) is 18.0 Å². The highest BCUT2D eigenvalue weighted by atomic mass is 19.1. The molecule has 4 aromatic rings. The maximum atomic E-state index is 13.1. The SMILES string of the molecule is CCOC(=O)C(C#N)=Cc1cn(-c2ccccc2)nc1-c1ccc(OCc2ccc(F)cc2)cc1. The van der Waals surface area contributed by atoms with E-state index in [9.17, 15) is 14.4 Å². The van der Waals surface area contributed by atoms with Crippen LogP contribution in [0.5, 0.6) is 5.75 Å². The lowest BCUT2D eigenvalue weighted by molar-refractivity contribution is -0.137. The fraction of sp³-hybridized carbons (Fsp3) is 0.107. The van der Waals surface area contributed by atoms with E-state index in [4.69, 9.17) is 14.6 Å². The van der Waals surface area contributed by atoms with Crippen LogP contribution in [0.25, 0.3) is 23.0 Å². The van der Waals surface area contributed by atoms with E-state index in [0.717, 1.165) is 16.8 Å². The second-order valence-corrected chi connectivity index (χ2v) is 7.54. The fourth-order valence-corrected chi connectivity index (χ4v) is 3.39. The molecule has 0 spiro atoms. The number of carbonyl (C=O) groups excluding carboxylic acids is 1. The maximum Gasteiger partial charge on any atom is 0.348 e. The van der Waals surface area contributed by atoms with E-state index in [2.05, 4.69) is 0 Å². The minimum Gasteiger partial charge on any atom is -0.489 e. The Hall–Kier alpha value is -4.70. The van der Waals surface area contributed by atoms with Gasteiger partial charge in [-0.05, 0) is 67.1 Å². The third-order valence-corrected chi connectivity index (χ3v) is 5.13. The highest BCUT2D eigenvalue weighted by Gasteiger charge is 2.16. The van der Waals surface area contributed by atoms with Gasteiger partial charge >= 0.3 is 5.97 Å². The Morgan fingerprint density at radius 1 is 1.06 bits per heavy atom. The van der Waals surface area contributed by atoms with Crippen molar-refractivity contribution in [2.24, 2.45) is 0 Å². The van der Waals surface area contributed by atoms with Crippen molar-refractivity contribution in [2.75, 3.05) is 6.61 Å². The molecule has 0 unspecified atom stereocenters. The third-order valence-electron chi connectivity index (χ3n) is 5.13. The Morgan fingerprint density at radius 3 is 2.43 bits per heavy atom. The lowest BCUT2D eigenvalue weighted by Gasteiger charge is -2.07. The number of halogens is 1. The topological polar surface area (TPSA) is 77.1 Å². The van der Waals surface area contributed by atoms with Crippen LogP contribution in [-0.2, 0) is 16.1 Å². The smallest absolute Gasteiger partial charge is 0.348 e. The van der Waals surface area contributed by atoms with Gasteiger partial charge in [-0.15, -0.1) is 0 Å². The van der Waals surface area contributed by atoms with Gasteiger partial charge in [0.15, 0.2) is 0 Å². The molecule has 7 heteroatoms. The first-order chi connectivity index (χ1) is 17.1. The Morgan fingerprint density at radius 2 is 1.77 bits per heavy atom. The quantitative estimate of drug-likeness (QED) is 0.188. The van der Waals surface area contributed by atoms with Crippen molar-refractivity contribution in [3.05, 3.63) is 108 Å². The van der Waals surface area contributed by atoms with Gasteiger partial charge < -0.3 is 9.47 Å². The molecule has 35 heavy (non-hydrogen) atoms. The maximum absolute atomic E-state index is 13.1. The van der Waals surface area contributed by atoms with Crippen LogP contribution < -0.4 is 4.74 Å². The lowest BCUT2D eigenvalue weighted by atomic mass is 10.1. The van der Waals surface area contributed by atoms with Gasteiger partial charge in [-0.25, -0.2) is 13.9 Å². The van der Waals surface area contributed by atoms with Crippen molar-refractivity contribution < 1.29 is 18.7 Å². The second kappa shape index (κ2) is 10.9. The first kappa shape index (κ1) is 23.5. The largest absolute Gasteiger partial charge is 0.489 e. The average Bonchev–Trinajstić information content (AvgIpc) is 3.32. The van der Waals surface area contributed by atoms with Gasteiger partial charge in [-0.3, -0.25) is 0 Å². The number of nitriles is 1. The van der Waals surface area contributed by atoms with Crippen LogP contribution in [-0.4, -0.2) is 22.4 Å². The van der Waals surface area contributed by atoms with Crippen molar-refractivity contribution in [2.45, 2.75) is 13.5 Å². The highest BCUT2D eigenvalue weighted by Crippen LogP contribution is 2.28. The lowest BCUT2D eigenvalue weighted by Crippen LogP contribution is -2.06. The van der Waals surface area contributed by atoms with Crippen LogP contribution in [0.15, 0.2) is 90.6 Å². The molecule has 1 heterocycles. The summed E-state index contributed by atoms with van der Waals surface area (Å²) in [6, 6.07) is 24.9. The molecule has 0 aliphatic carbocycles. The van der Waals surface area contributed by atoms with E-state index < -0.39 is 5.97 Å². The Bertz CT molecular complexity index is 1370. The summed E-state index contributed by atoms with van der Waals surface area (Å²) in [4.78, 5) is 12.2. The van der Waals surface area contributed by atoms with Crippen LogP contribution in [0.3, 0.4) is 0 Å². The average molecular weight is 468 g/mol. The Kier molecular flexibility index (Phi) is 7.34. The number of para-hydroxylation sites is 1. The normalized spacial score (nSPS) is 11.1. The molecule has 0 saturated heterocycles. The van der Waals surface area contributed by atoms with Gasteiger partial charge in [0.25, 0.3) is 0 Å². The number of ether oxygens (including phenoxy) is 2. The number of rotatable bonds is 8. The van der Waals surface area contributed by atoms with E-state index in [1.165, 1.54) is 18.2 Å². The molecule has 0 radical (unpaired) electrons. The van der Waals surface area contributed by atoms with E-state index in [1.54, 1.807) is 29.9 Å². The molecule has 0 amide bonds. The van der Waals surface area contributed by atoms with Gasteiger partial charge in [0, 0.05) is 17.3 Å². The molecule has 0 aliphatic heterocycles. The number of esters is 1. The van der Waals surface area contributed by atoms with Crippen LogP contribution in [0.2, 0.25) is 0 Å². The van der Waals surface area contributed by atoms with Gasteiger partial charge in [0.2, 0.25) is 0 Å². The van der Waals surface area contributed by atoms with Crippen LogP contribution >= 0.6 is 0 Å². The molecule has 0 fully saturated rings. The summed E-state index contributed by atoms with van der Waals surface area (Å²) in [5.74, 6) is -0.333. The summed E-state index contributed by atoms with van der Waals surface area (Å²) in [6.07, 6.45) is 3.25. The van der Waals surface area contributed by atoms with Gasteiger partial charge in [-0.1, -0.05) is 30.3 Å². The number of aromatic nitrogens is 2. The molecular formula is C28H22FN3O3. The van der Waals surface area contributed by atoms with Crippen molar-refractivity contribution in [3.63, 3.8) is 0 Å². The predicted molar refractivity (Wildman–Crippen MR) is 130 cm³/mol. The number of benzene rings is 3. The monoisotopic (exact) mass is 467 g/mol. The Labute approximate surface area is 202 Å². The van der Waals surface area contributed by atoms with E-state index in [1.807, 2.05) is 60.7 Å². The molecule has 3 aromatic carbocycles. The second-order valence-electron chi connectivity index (χ2n) is 7.54. The molecule has 0 saturated carbocycles. The van der Waals surface area contributed by atoms with Crippen LogP contribution in [0.1, 0.15) is 18.1 Å². The number of carbonyl (C=O) groups is 1. The minimum absolute atomic E-state index is 0.111. The van der Waals surface area contributed by atoms with Crippen LogP contribution in [0.4, 0.5) is 4.39 Å². The summed E-state index contributed by atoms with van der Waals surface area (Å²) in [5.41, 5.74) is 3.55. The number of hydrogen-bond donors (Lipinski definition) is 0. The first-order valence-electron chi connectivity index (χ1n) is 11.0. The van der Waals surface area contributed by atoms with Gasteiger partial charge in [0.1, 0.15) is 29.8 Å². The number of nitrogens with zero attached hydrogens (tertiary/aromatic N) is 3. The molecule has 6 nitrogen and oxygen atoms in total. The molecule has 0 atom stereocenters. The molecular weight excluding hydrogens is 445 g/mol. The zero-order valence-electron chi connectivity index (χ0n) is 19.0. The van der Waals surface area contributed by atoms with Crippen molar-refractivity contribution >= 4 is 12.0 Å². The summed E-state index contributed by atoms with van der Waals surface area (Å²) < 4.78 is 25.6. The molecule has 0 aliphatic rings. The summed E-state index contributed by atoms with van der Waals surface area (Å²) in [7, 11) is 0. The fourth-order valence-electron chi connectivity index (χ4n) is 3.39. The number of hydrogen-bond acceptors (Lipinski definition) is 5. The zero-order chi connectivity index (χ0) is 24.6. The molecule has 174 valence electrons. The summed E-state index contributed by atoms with van der Waals surface area (Å²) in [5, 5.41) is 14.2. The van der Waals surface area contributed by atoms with Gasteiger partial charge in [-0.2, -0.15) is 10.4 Å². The molecule has 1 aromatic heterocycles. The third kappa shape index (κ3) is 5.81. The Balaban J connectivity index is 1.64. The van der Waals surface area contributed by atoms with Crippen molar-refractivity contribution in [3.8, 4) is 28.8 Å². The minimum atomic E-state index is -0.682. The molecule has 0 N–H and O–H groups in total. The summed E-state index contributed by atoms with van der Waals surface area (Å²) in [6.45, 7) is 2.17. The van der Waals surface area contributed by atoms with Crippen LogP contribution in [0, 0.1) is 17.1 Å². The predicted octanol–water partition coefficient (Wildman–Crippen LogP) is 5.73. The highest BCUT2D eigenvalue weighted by molar-refractivity contribution is 5.98.